The van der Waals surface area contributed by atoms with Crippen LogP contribution in [0.5, 0.6) is 5.75 Å². The van der Waals surface area contributed by atoms with Crippen molar-refractivity contribution in [3.8, 4) is 28.5 Å². The van der Waals surface area contributed by atoms with E-state index in [-0.39, 0.29) is 0 Å². The van der Waals surface area contributed by atoms with Gasteiger partial charge in [-0.3, -0.25) is 0 Å². The number of rotatable bonds is 6. The maximum atomic E-state index is 6.16. The Kier molecular flexibility index (Phi) is 4.59. The monoisotopic (exact) mass is 386 g/mol. The summed E-state index contributed by atoms with van der Waals surface area (Å²) in [5.74, 6) is 8.87. The van der Waals surface area contributed by atoms with E-state index in [4.69, 9.17) is 15.1 Å². The van der Waals surface area contributed by atoms with Crippen LogP contribution in [0.1, 0.15) is 5.89 Å². The van der Waals surface area contributed by atoms with E-state index in [0.717, 1.165) is 11.1 Å². The summed E-state index contributed by atoms with van der Waals surface area (Å²) < 4.78 is 12.1. The summed E-state index contributed by atoms with van der Waals surface area (Å²) in [6.45, 7) is 0. The first kappa shape index (κ1) is 16.6. The Bertz CT molecular complexity index is 1010. The van der Waals surface area contributed by atoms with Crippen LogP contribution in [0.3, 0.4) is 0 Å². The lowest BCUT2D eigenvalue weighted by Crippen LogP contribution is -2.12. The number of nitrogens with two attached hydrogens (primary N) is 1. The molecule has 132 valence electrons. The normalized spacial score (nSPS) is 11.0. The van der Waals surface area contributed by atoms with E-state index in [1.807, 2.05) is 41.1 Å². The second kappa shape index (κ2) is 7.18. The summed E-state index contributed by atoms with van der Waals surface area (Å²) in [4.78, 5) is 4.38. The molecule has 3 heterocycles. The lowest BCUT2D eigenvalue weighted by molar-refractivity contribution is 0.391. The van der Waals surface area contributed by atoms with E-state index in [9.17, 15) is 0 Å². The first-order chi connectivity index (χ1) is 12.8. The molecular weight excluding hydrogens is 372 g/mol. The molecule has 4 aromatic rings. The number of para-hydroxylation sites is 1. The van der Waals surface area contributed by atoms with E-state index in [0.29, 0.717) is 34.2 Å². The second-order valence-electron chi connectivity index (χ2n) is 5.19. The molecule has 0 saturated carbocycles. The van der Waals surface area contributed by atoms with Gasteiger partial charge in [0.1, 0.15) is 5.75 Å². The van der Waals surface area contributed by atoms with Gasteiger partial charge in [0.15, 0.2) is 5.82 Å². The zero-order chi connectivity index (χ0) is 17.9. The largest absolute Gasteiger partial charge is 0.496 e. The highest BCUT2D eigenvalue weighted by Gasteiger charge is 2.17. The summed E-state index contributed by atoms with van der Waals surface area (Å²) in [6, 6.07) is 9.45. The first-order valence-electron chi connectivity index (χ1n) is 7.58. The third-order valence-electron chi connectivity index (χ3n) is 3.58. The molecule has 0 amide bonds. The van der Waals surface area contributed by atoms with Gasteiger partial charge in [0, 0.05) is 10.9 Å². The third kappa shape index (κ3) is 3.16. The predicted molar refractivity (Wildman–Crippen MR) is 99.3 cm³/mol. The van der Waals surface area contributed by atoms with Crippen molar-refractivity contribution in [1.82, 2.24) is 25.0 Å². The van der Waals surface area contributed by atoms with Crippen LogP contribution in [0.25, 0.3) is 22.8 Å². The quantitative estimate of drug-likeness (QED) is 0.398. The van der Waals surface area contributed by atoms with Crippen molar-refractivity contribution in [3.63, 3.8) is 0 Å². The van der Waals surface area contributed by atoms with E-state index < -0.39 is 0 Å². The molecular formula is C16H14N6O2S2. The molecule has 0 radical (unpaired) electrons. The van der Waals surface area contributed by atoms with Crippen LogP contribution in [0.4, 0.5) is 0 Å². The molecule has 0 aliphatic carbocycles. The van der Waals surface area contributed by atoms with E-state index in [1.165, 1.54) is 16.4 Å². The van der Waals surface area contributed by atoms with Crippen LogP contribution in [0.2, 0.25) is 0 Å². The number of hydrogen-bond acceptors (Lipinski definition) is 9. The van der Waals surface area contributed by atoms with Crippen molar-refractivity contribution in [2.24, 2.45) is 0 Å². The fraction of sp³-hybridized carbons (Fsp3) is 0.125. The molecule has 0 aliphatic heterocycles. The van der Waals surface area contributed by atoms with Crippen LogP contribution >= 0.6 is 23.1 Å². The maximum Gasteiger partial charge on any atom is 0.237 e. The van der Waals surface area contributed by atoms with Crippen molar-refractivity contribution in [2.45, 2.75) is 10.9 Å². The van der Waals surface area contributed by atoms with Gasteiger partial charge in [-0.25, -0.2) is 4.68 Å². The third-order valence-corrected chi connectivity index (χ3v) is 5.20. The highest BCUT2D eigenvalue weighted by molar-refractivity contribution is 7.98. The lowest BCUT2D eigenvalue weighted by atomic mass is 10.2. The molecule has 0 unspecified atom stereocenters. The Labute approximate surface area is 157 Å². The molecule has 0 atom stereocenters. The molecule has 0 aliphatic rings. The van der Waals surface area contributed by atoms with Crippen molar-refractivity contribution in [2.75, 3.05) is 13.0 Å². The molecule has 2 N–H and O–H groups in total. The number of ether oxygens (including phenoxy) is 1. The number of aromatic nitrogens is 5. The van der Waals surface area contributed by atoms with Gasteiger partial charge in [-0.15, -0.1) is 10.2 Å². The molecule has 3 aromatic heterocycles. The highest BCUT2D eigenvalue weighted by atomic mass is 32.2. The van der Waals surface area contributed by atoms with Gasteiger partial charge in [0.2, 0.25) is 16.9 Å². The standard InChI is InChI=1S/C16H14N6O2S2/c1-23-12-5-3-2-4-11(12)15-19-20-16(22(15)17)26-9-13-18-14(21-24-13)10-6-7-25-8-10/h2-8H,9,17H2,1H3. The molecule has 0 spiro atoms. The maximum absolute atomic E-state index is 6.16. The number of methoxy groups -OCH3 is 1. The Morgan fingerprint density at radius 2 is 2.15 bits per heavy atom. The van der Waals surface area contributed by atoms with E-state index >= 15 is 0 Å². The van der Waals surface area contributed by atoms with Crippen molar-refractivity contribution >= 4 is 23.1 Å². The minimum atomic E-state index is 0.443. The molecule has 8 nitrogen and oxygen atoms in total. The summed E-state index contributed by atoms with van der Waals surface area (Å²) >= 11 is 2.95. The first-order valence-corrected chi connectivity index (χ1v) is 9.51. The average Bonchev–Trinajstić information content (AvgIpc) is 3.41. The molecule has 0 fully saturated rings. The summed E-state index contributed by atoms with van der Waals surface area (Å²) in [5, 5.41) is 16.8. The van der Waals surface area contributed by atoms with Crippen LogP contribution in [-0.4, -0.2) is 32.1 Å². The van der Waals surface area contributed by atoms with Gasteiger partial charge in [-0.2, -0.15) is 16.3 Å². The minimum absolute atomic E-state index is 0.443. The van der Waals surface area contributed by atoms with Crippen LogP contribution in [0.15, 0.2) is 50.8 Å². The summed E-state index contributed by atoms with van der Waals surface area (Å²) in [5.41, 5.74) is 1.71. The molecule has 10 heteroatoms. The Hall–Kier alpha value is -2.85. The summed E-state index contributed by atoms with van der Waals surface area (Å²) in [7, 11) is 1.60. The SMILES string of the molecule is COc1ccccc1-c1nnc(SCc2nc(-c3ccsc3)no2)n1N. The number of thioether (sulfide) groups is 1. The van der Waals surface area contributed by atoms with Gasteiger partial charge < -0.3 is 15.1 Å². The number of nitrogens with zero attached hydrogens (tertiary/aromatic N) is 5. The molecule has 0 saturated heterocycles. The van der Waals surface area contributed by atoms with Crippen LogP contribution < -0.4 is 10.6 Å². The van der Waals surface area contributed by atoms with Crippen molar-refractivity contribution in [3.05, 3.63) is 47.0 Å². The molecule has 0 bridgehead atoms. The number of thiophene rings is 1. The Morgan fingerprint density at radius 1 is 1.27 bits per heavy atom. The number of hydrogen-bond donors (Lipinski definition) is 1. The molecule has 4 rings (SSSR count). The lowest BCUT2D eigenvalue weighted by Gasteiger charge is -2.07. The van der Waals surface area contributed by atoms with Gasteiger partial charge in [-0.1, -0.05) is 29.1 Å². The summed E-state index contributed by atoms with van der Waals surface area (Å²) in [6.07, 6.45) is 0. The topological polar surface area (TPSA) is 105 Å². The number of benzene rings is 1. The van der Waals surface area contributed by atoms with Gasteiger partial charge in [0.25, 0.3) is 0 Å². The zero-order valence-corrected chi connectivity index (χ0v) is 15.3. The van der Waals surface area contributed by atoms with E-state index in [1.54, 1.807) is 18.4 Å². The number of nitrogen functional groups attached to an aromatic ring is 1. The fourth-order valence-electron chi connectivity index (χ4n) is 2.34. The zero-order valence-electron chi connectivity index (χ0n) is 13.7. The highest BCUT2D eigenvalue weighted by Crippen LogP contribution is 2.30. The Balaban J connectivity index is 1.51. The van der Waals surface area contributed by atoms with E-state index in [2.05, 4.69) is 20.3 Å². The van der Waals surface area contributed by atoms with Gasteiger partial charge >= 0.3 is 0 Å². The molecule has 26 heavy (non-hydrogen) atoms. The fourth-order valence-corrected chi connectivity index (χ4v) is 3.67. The van der Waals surface area contributed by atoms with Gasteiger partial charge in [-0.05, 0) is 23.6 Å². The predicted octanol–water partition coefficient (Wildman–Crippen LogP) is 3.07. The molecule has 1 aromatic carbocycles. The van der Waals surface area contributed by atoms with Crippen LogP contribution in [0, 0.1) is 0 Å². The van der Waals surface area contributed by atoms with Crippen LogP contribution in [-0.2, 0) is 5.75 Å². The van der Waals surface area contributed by atoms with Crippen molar-refractivity contribution < 1.29 is 9.26 Å². The average molecular weight is 386 g/mol. The smallest absolute Gasteiger partial charge is 0.237 e. The Morgan fingerprint density at radius 3 is 2.96 bits per heavy atom. The van der Waals surface area contributed by atoms with Crippen molar-refractivity contribution in [1.29, 1.82) is 0 Å². The minimum Gasteiger partial charge on any atom is -0.496 e. The second-order valence-corrected chi connectivity index (χ2v) is 6.91. The van der Waals surface area contributed by atoms with Gasteiger partial charge in [0.05, 0.1) is 18.4 Å².